The van der Waals surface area contributed by atoms with Crippen LogP contribution in [0.25, 0.3) is 0 Å². The van der Waals surface area contributed by atoms with Crippen molar-refractivity contribution < 1.29 is 5.11 Å². The highest BCUT2D eigenvalue weighted by atomic mass is 16.3. The predicted octanol–water partition coefficient (Wildman–Crippen LogP) is -0.859. The van der Waals surface area contributed by atoms with Crippen LogP contribution in [0.4, 0.5) is 5.82 Å². The molecule has 0 saturated carbocycles. The van der Waals surface area contributed by atoms with Gasteiger partial charge in [0, 0.05) is 24.8 Å². The molecule has 4 N–H and O–H groups in total. The first-order valence-electron chi connectivity index (χ1n) is 3.70. The number of aliphatic hydroxyl groups is 1. The molecule has 0 amide bonds. The second kappa shape index (κ2) is 4.63. The molecule has 1 heterocycles. The van der Waals surface area contributed by atoms with Gasteiger partial charge in [-0.3, -0.25) is 0 Å². The van der Waals surface area contributed by atoms with E-state index in [2.05, 4.69) is 15.3 Å². The molecule has 5 heteroatoms. The van der Waals surface area contributed by atoms with Crippen LogP contribution >= 0.6 is 0 Å². The molecule has 0 fully saturated rings. The van der Waals surface area contributed by atoms with E-state index in [1.54, 1.807) is 6.20 Å². The Bertz CT molecular complexity index is 241. The van der Waals surface area contributed by atoms with E-state index >= 15 is 0 Å². The molecule has 1 aromatic rings. The lowest BCUT2D eigenvalue weighted by molar-refractivity contribution is 0.292. The minimum atomic E-state index is 0.119. The van der Waals surface area contributed by atoms with Crippen molar-refractivity contribution in [3.8, 4) is 0 Å². The van der Waals surface area contributed by atoms with E-state index in [4.69, 9.17) is 10.8 Å². The van der Waals surface area contributed by atoms with Gasteiger partial charge in [0.1, 0.15) is 12.1 Å². The highest BCUT2D eigenvalue weighted by molar-refractivity contribution is 5.35. The first kappa shape index (κ1) is 8.89. The molecule has 0 aliphatic heterocycles. The molecule has 1 rings (SSSR count). The minimum absolute atomic E-state index is 0.119. The van der Waals surface area contributed by atoms with Crippen molar-refractivity contribution in [2.75, 3.05) is 18.9 Å². The highest BCUT2D eigenvalue weighted by Gasteiger charge is 1.97. The van der Waals surface area contributed by atoms with Crippen LogP contribution in [0, 0.1) is 0 Å². The third-order valence-electron chi connectivity index (χ3n) is 1.43. The van der Waals surface area contributed by atoms with Gasteiger partial charge in [-0.15, -0.1) is 0 Å². The minimum Gasteiger partial charge on any atom is -0.395 e. The maximum Gasteiger partial charge on any atom is 0.131 e. The SMILES string of the molecule is Nc1ncncc1CNCCO. The summed E-state index contributed by atoms with van der Waals surface area (Å²) < 4.78 is 0. The number of hydrogen-bond donors (Lipinski definition) is 3. The normalized spacial score (nSPS) is 10.1. The molecule has 0 atom stereocenters. The average molecular weight is 168 g/mol. The van der Waals surface area contributed by atoms with Crippen LogP contribution in [0.3, 0.4) is 0 Å². The van der Waals surface area contributed by atoms with Crippen molar-refractivity contribution in [2.45, 2.75) is 6.54 Å². The van der Waals surface area contributed by atoms with Gasteiger partial charge in [0.25, 0.3) is 0 Å². The van der Waals surface area contributed by atoms with Crippen molar-refractivity contribution >= 4 is 5.82 Å². The van der Waals surface area contributed by atoms with E-state index in [-0.39, 0.29) is 6.61 Å². The van der Waals surface area contributed by atoms with Crippen LogP contribution in [0.1, 0.15) is 5.56 Å². The molecule has 66 valence electrons. The monoisotopic (exact) mass is 168 g/mol. The van der Waals surface area contributed by atoms with E-state index in [9.17, 15) is 0 Å². The second-order valence-corrected chi connectivity index (χ2v) is 2.33. The Kier molecular flexibility index (Phi) is 3.43. The van der Waals surface area contributed by atoms with E-state index in [0.717, 1.165) is 5.56 Å². The number of aromatic nitrogens is 2. The van der Waals surface area contributed by atoms with Crippen LogP contribution in [0.15, 0.2) is 12.5 Å². The summed E-state index contributed by atoms with van der Waals surface area (Å²) >= 11 is 0. The van der Waals surface area contributed by atoms with Gasteiger partial charge in [-0.2, -0.15) is 0 Å². The summed E-state index contributed by atoms with van der Waals surface area (Å²) in [5, 5.41) is 11.5. The Balaban J connectivity index is 2.46. The van der Waals surface area contributed by atoms with Gasteiger partial charge in [0.2, 0.25) is 0 Å². The van der Waals surface area contributed by atoms with Gasteiger partial charge < -0.3 is 16.2 Å². The summed E-state index contributed by atoms with van der Waals surface area (Å²) in [5.41, 5.74) is 6.40. The second-order valence-electron chi connectivity index (χ2n) is 2.33. The topological polar surface area (TPSA) is 84.1 Å². The van der Waals surface area contributed by atoms with Gasteiger partial charge in [-0.25, -0.2) is 9.97 Å². The van der Waals surface area contributed by atoms with Crippen molar-refractivity contribution in [1.29, 1.82) is 0 Å². The zero-order valence-electron chi connectivity index (χ0n) is 6.70. The predicted molar refractivity (Wildman–Crippen MR) is 45.2 cm³/mol. The first-order valence-corrected chi connectivity index (χ1v) is 3.70. The van der Waals surface area contributed by atoms with Gasteiger partial charge in [-0.05, 0) is 0 Å². The maximum absolute atomic E-state index is 8.49. The number of nitrogens with zero attached hydrogens (tertiary/aromatic N) is 2. The van der Waals surface area contributed by atoms with Crippen molar-refractivity contribution in [3.05, 3.63) is 18.1 Å². The van der Waals surface area contributed by atoms with Crippen LogP contribution in [0.5, 0.6) is 0 Å². The summed E-state index contributed by atoms with van der Waals surface area (Å²) in [5.74, 6) is 0.482. The van der Waals surface area contributed by atoms with E-state index < -0.39 is 0 Å². The van der Waals surface area contributed by atoms with E-state index in [1.807, 2.05) is 0 Å². The zero-order valence-corrected chi connectivity index (χ0v) is 6.70. The number of hydrogen-bond acceptors (Lipinski definition) is 5. The van der Waals surface area contributed by atoms with E-state index in [1.165, 1.54) is 6.33 Å². The van der Waals surface area contributed by atoms with Crippen molar-refractivity contribution in [3.63, 3.8) is 0 Å². The molecule has 0 saturated heterocycles. The molecular weight excluding hydrogens is 156 g/mol. The number of anilines is 1. The van der Waals surface area contributed by atoms with Gasteiger partial charge in [0.05, 0.1) is 6.61 Å². The zero-order chi connectivity index (χ0) is 8.81. The molecule has 1 aromatic heterocycles. The lowest BCUT2D eigenvalue weighted by Crippen LogP contribution is -2.18. The summed E-state index contributed by atoms with van der Waals surface area (Å²) in [6.45, 7) is 1.26. The number of nitrogen functional groups attached to an aromatic ring is 1. The fourth-order valence-electron chi connectivity index (χ4n) is 0.806. The fourth-order valence-corrected chi connectivity index (χ4v) is 0.806. The quantitative estimate of drug-likeness (QED) is 0.509. The van der Waals surface area contributed by atoms with Crippen molar-refractivity contribution in [1.82, 2.24) is 15.3 Å². The van der Waals surface area contributed by atoms with Crippen LogP contribution in [-0.2, 0) is 6.54 Å². The van der Waals surface area contributed by atoms with Crippen molar-refractivity contribution in [2.24, 2.45) is 0 Å². The van der Waals surface area contributed by atoms with Gasteiger partial charge in [-0.1, -0.05) is 0 Å². The lowest BCUT2D eigenvalue weighted by atomic mass is 10.3. The number of nitrogens with two attached hydrogens (primary N) is 1. The number of rotatable bonds is 4. The maximum atomic E-state index is 8.49. The standard InChI is InChI=1S/C7H12N4O/c8-7-6(3-9-1-2-12)4-10-5-11-7/h4-5,9,12H,1-3H2,(H2,8,10,11). The number of aliphatic hydroxyl groups excluding tert-OH is 1. The van der Waals surface area contributed by atoms with Crippen LogP contribution in [-0.4, -0.2) is 28.2 Å². The Morgan fingerprint density at radius 3 is 3.08 bits per heavy atom. The van der Waals surface area contributed by atoms with Gasteiger partial charge in [0.15, 0.2) is 0 Å². The molecule has 0 aliphatic carbocycles. The fraction of sp³-hybridized carbons (Fsp3) is 0.429. The average Bonchev–Trinajstić information content (AvgIpc) is 2.09. The Morgan fingerprint density at radius 1 is 1.58 bits per heavy atom. The molecule has 5 nitrogen and oxygen atoms in total. The molecule has 0 unspecified atom stereocenters. The van der Waals surface area contributed by atoms with Gasteiger partial charge >= 0.3 is 0 Å². The summed E-state index contributed by atoms with van der Waals surface area (Å²) in [7, 11) is 0. The molecule has 0 spiro atoms. The van der Waals surface area contributed by atoms with Crippen LogP contribution in [0.2, 0.25) is 0 Å². The molecule has 0 aromatic carbocycles. The molecule has 0 bridgehead atoms. The largest absolute Gasteiger partial charge is 0.395 e. The Morgan fingerprint density at radius 2 is 2.42 bits per heavy atom. The lowest BCUT2D eigenvalue weighted by Gasteiger charge is -2.03. The molecule has 0 aliphatic rings. The molecular formula is C7H12N4O. The smallest absolute Gasteiger partial charge is 0.131 e. The Hall–Kier alpha value is -1.20. The first-order chi connectivity index (χ1) is 5.84. The highest BCUT2D eigenvalue weighted by Crippen LogP contribution is 2.03. The number of nitrogens with one attached hydrogen (secondary N) is 1. The third-order valence-corrected chi connectivity index (χ3v) is 1.43. The Labute approximate surface area is 70.6 Å². The summed E-state index contributed by atoms with van der Waals surface area (Å²) in [4.78, 5) is 7.65. The van der Waals surface area contributed by atoms with E-state index in [0.29, 0.717) is 18.9 Å². The third kappa shape index (κ3) is 2.44. The summed E-state index contributed by atoms with van der Waals surface area (Å²) in [6, 6.07) is 0. The summed E-state index contributed by atoms with van der Waals surface area (Å²) in [6.07, 6.45) is 3.07. The molecule has 12 heavy (non-hydrogen) atoms. The van der Waals surface area contributed by atoms with Crippen LogP contribution < -0.4 is 11.1 Å². The molecule has 0 radical (unpaired) electrons.